The minimum atomic E-state index is -0.722. The van der Waals surface area contributed by atoms with Crippen molar-refractivity contribution in [3.8, 4) is 0 Å². The van der Waals surface area contributed by atoms with Crippen molar-refractivity contribution in [2.45, 2.75) is 91.6 Å². The van der Waals surface area contributed by atoms with Crippen LogP contribution in [-0.2, 0) is 14.3 Å². The quantitative estimate of drug-likeness (QED) is 0.592. The molecule has 1 N–H and O–H groups in total. The second-order valence-electron chi connectivity index (χ2n) is 9.25. The Hall–Kier alpha value is -1.58. The summed E-state index contributed by atoms with van der Waals surface area (Å²) in [5.41, 5.74) is 1.03. The van der Waals surface area contributed by atoms with Gasteiger partial charge in [0.2, 0.25) is 0 Å². The first kappa shape index (κ1) is 22.7. The number of fused-ring (bicyclic) bond motifs is 1. The highest BCUT2D eigenvalue weighted by atomic mass is 16.5. The lowest BCUT2D eigenvalue weighted by molar-refractivity contribution is -0.154. The molecule has 1 saturated heterocycles. The first-order valence-electron chi connectivity index (χ1n) is 11.1. The van der Waals surface area contributed by atoms with Crippen LogP contribution in [0.3, 0.4) is 0 Å². The number of carboxylic acid groups (broad SMARTS) is 1. The first-order valence-corrected chi connectivity index (χ1v) is 11.1. The van der Waals surface area contributed by atoms with Crippen molar-refractivity contribution in [2.75, 3.05) is 0 Å². The van der Waals surface area contributed by atoms with Crippen LogP contribution in [-0.4, -0.2) is 23.1 Å². The van der Waals surface area contributed by atoms with Gasteiger partial charge in [0.05, 0.1) is 5.41 Å². The number of cyclic esters (lactones) is 1. The van der Waals surface area contributed by atoms with Gasteiger partial charge in [-0.3, -0.25) is 9.59 Å². The summed E-state index contributed by atoms with van der Waals surface area (Å²) < 4.78 is 5.48. The SMILES string of the molecule is CCC(C)(C)C(=O)O.C[C@H]1C=CC2=CCCC[C@@H]2[C@H]1CC[C@@H]1CCCC(=O)O1. The average Bonchev–Trinajstić information content (AvgIpc) is 2.67. The number of rotatable bonds is 5. The molecule has 4 heteroatoms. The standard InChI is InChI=1S/C18H26O2.C6H12O2/c1-13-9-10-14-5-2-3-7-17(14)16(13)12-11-15-6-4-8-18(19)20-15;1-4-6(2,3)5(7)8/h5,9-10,13,15-17H,2-4,6-8,11-12H2,1H3;4H2,1-3H3,(H,7,8)/t13-,15-,16-,17-;/m0./s1. The Morgan fingerprint density at radius 2 is 2.00 bits per heavy atom. The third kappa shape index (κ3) is 6.22. The van der Waals surface area contributed by atoms with Gasteiger partial charge in [0.25, 0.3) is 0 Å². The van der Waals surface area contributed by atoms with Crippen molar-refractivity contribution in [3.05, 3.63) is 23.8 Å². The van der Waals surface area contributed by atoms with Gasteiger partial charge in [-0.2, -0.15) is 0 Å². The zero-order valence-corrected chi connectivity index (χ0v) is 18.1. The minimum absolute atomic E-state index is 0.0103. The monoisotopic (exact) mass is 390 g/mol. The molecule has 0 amide bonds. The summed E-state index contributed by atoms with van der Waals surface area (Å²) in [4.78, 5) is 21.6. The Labute approximate surface area is 170 Å². The van der Waals surface area contributed by atoms with Gasteiger partial charge in [-0.05, 0) is 88.5 Å². The van der Waals surface area contributed by atoms with Crippen LogP contribution in [0.25, 0.3) is 0 Å². The lowest BCUT2D eigenvalue weighted by atomic mass is 9.68. The van der Waals surface area contributed by atoms with E-state index in [1.165, 1.54) is 25.7 Å². The van der Waals surface area contributed by atoms with Crippen molar-refractivity contribution in [1.82, 2.24) is 0 Å². The molecule has 0 bridgehead atoms. The van der Waals surface area contributed by atoms with E-state index in [9.17, 15) is 9.59 Å². The van der Waals surface area contributed by atoms with Crippen LogP contribution >= 0.6 is 0 Å². The molecule has 4 atom stereocenters. The van der Waals surface area contributed by atoms with E-state index in [0.29, 0.717) is 18.8 Å². The maximum Gasteiger partial charge on any atom is 0.309 e. The van der Waals surface area contributed by atoms with Crippen LogP contribution in [0.5, 0.6) is 0 Å². The minimum Gasteiger partial charge on any atom is -0.481 e. The Kier molecular flexibility index (Phi) is 8.33. The average molecular weight is 391 g/mol. The Balaban J connectivity index is 0.000000300. The van der Waals surface area contributed by atoms with E-state index >= 15 is 0 Å². The molecule has 3 rings (SSSR count). The van der Waals surface area contributed by atoms with Crippen molar-refractivity contribution < 1.29 is 19.4 Å². The predicted octanol–water partition coefficient (Wildman–Crippen LogP) is 5.92. The van der Waals surface area contributed by atoms with Crippen molar-refractivity contribution in [2.24, 2.45) is 23.2 Å². The lowest BCUT2D eigenvalue weighted by Crippen LogP contribution is -2.30. The number of allylic oxidation sites excluding steroid dienone is 4. The van der Waals surface area contributed by atoms with Crippen LogP contribution in [0.2, 0.25) is 0 Å². The molecule has 1 heterocycles. The Bertz CT molecular complexity index is 602. The molecule has 158 valence electrons. The lowest BCUT2D eigenvalue weighted by Gasteiger charge is -2.38. The molecule has 0 unspecified atom stereocenters. The highest BCUT2D eigenvalue weighted by Crippen LogP contribution is 2.42. The molecule has 1 aliphatic heterocycles. The maximum atomic E-state index is 11.4. The van der Waals surface area contributed by atoms with Gasteiger partial charge in [-0.15, -0.1) is 0 Å². The molecule has 0 spiro atoms. The van der Waals surface area contributed by atoms with Crippen molar-refractivity contribution >= 4 is 11.9 Å². The third-order valence-electron chi connectivity index (χ3n) is 6.80. The van der Waals surface area contributed by atoms with Crippen molar-refractivity contribution in [3.63, 3.8) is 0 Å². The summed E-state index contributed by atoms with van der Waals surface area (Å²) in [5.74, 6) is 1.45. The normalized spacial score (nSPS) is 29.7. The summed E-state index contributed by atoms with van der Waals surface area (Å²) in [6.45, 7) is 7.65. The molecule has 0 aromatic rings. The van der Waals surface area contributed by atoms with Crippen LogP contribution < -0.4 is 0 Å². The van der Waals surface area contributed by atoms with E-state index in [1.807, 2.05) is 6.92 Å². The number of carbonyl (C=O) groups is 2. The fraction of sp³-hybridized carbons (Fsp3) is 0.750. The second kappa shape index (κ2) is 10.3. The van der Waals surface area contributed by atoms with Crippen LogP contribution in [0, 0.1) is 23.2 Å². The van der Waals surface area contributed by atoms with Crippen LogP contribution in [0.15, 0.2) is 23.8 Å². The molecule has 0 saturated carbocycles. The number of carbonyl (C=O) groups excluding carboxylic acids is 1. The number of ether oxygens (including phenoxy) is 1. The molecule has 28 heavy (non-hydrogen) atoms. The Morgan fingerprint density at radius 1 is 1.25 bits per heavy atom. The fourth-order valence-electron chi connectivity index (χ4n) is 4.32. The molecule has 4 nitrogen and oxygen atoms in total. The molecule has 0 radical (unpaired) electrons. The molecule has 1 fully saturated rings. The smallest absolute Gasteiger partial charge is 0.309 e. The van der Waals surface area contributed by atoms with Crippen LogP contribution in [0.1, 0.15) is 85.5 Å². The van der Waals surface area contributed by atoms with E-state index in [0.717, 1.165) is 31.1 Å². The molecular formula is C24H38O4. The van der Waals surface area contributed by atoms with Gasteiger partial charge in [-0.1, -0.05) is 32.1 Å². The molecule has 0 aromatic carbocycles. The highest BCUT2D eigenvalue weighted by molar-refractivity contribution is 5.73. The summed E-state index contributed by atoms with van der Waals surface area (Å²) in [5, 5.41) is 8.44. The van der Waals surface area contributed by atoms with E-state index in [-0.39, 0.29) is 12.1 Å². The summed E-state index contributed by atoms with van der Waals surface area (Å²) in [6, 6.07) is 0. The summed E-state index contributed by atoms with van der Waals surface area (Å²) >= 11 is 0. The van der Waals surface area contributed by atoms with E-state index < -0.39 is 11.4 Å². The number of hydrogen-bond acceptors (Lipinski definition) is 3. The maximum absolute atomic E-state index is 11.4. The van der Waals surface area contributed by atoms with E-state index in [4.69, 9.17) is 9.84 Å². The molecule has 2 aliphatic carbocycles. The van der Waals surface area contributed by atoms with Gasteiger partial charge in [0, 0.05) is 6.42 Å². The summed E-state index contributed by atoms with van der Waals surface area (Å²) in [7, 11) is 0. The van der Waals surface area contributed by atoms with Gasteiger partial charge in [0.1, 0.15) is 6.10 Å². The van der Waals surface area contributed by atoms with Gasteiger partial charge in [0.15, 0.2) is 0 Å². The largest absolute Gasteiger partial charge is 0.481 e. The predicted molar refractivity (Wildman–Crippen MR) is 112 cm³/mol. The Morgan fingerprint density at radius 3 is 2.61 bits per heavy atom. The first-order chi connectivity index (χ1) is 13.2. The topological polar surface area (TPSA) is 63.6 Å². The molecule has 3 aliphatic rings. The van der Waals surface area contributed by atoms with Gasteiger partial charge < -0.3 is 9.84 Å². The van der Waals surface area contributed by atoms with E-state index in [2.05, 4.69) is 25.2 Å². The highest BCUT2D eigenvalue weighted by Gasteiger charge is 2.32. The van der Waals surface area contributed by atoms with Crippen molar-refractivity contribution in [1.29, 1.82) is 0 Å². The van der Waals surface area contributed by atoms with Crippen LogP contribution in [0.4, 0.5) is 0 Å². The number of aliphatic carboxylic acids is 1. The number of hydrogen-bond donors (Lipinski definition) is 1. The molecular weight excluding hydrogens is 352 g/mol. The molecule has 0 aromatic heterocycles. The van der Waals surface area contributed by atoms with Gasteiger partial charge >= 0.3 is 11.9 Å². The zero-order valence-electron chi connectivity index (χ0n) is 18.1. The summed E-state index contributed by atoms with van der Waals surface area (Å²) in [6.07, 6.45) is 16.9. The number of carboxylic acids is 1. The van der Waals surface area contributed by atoms with E-state index in [1.54, 1.807) is 19.4 Å². The number of esters is 1. The second-order valence-corrected chi connectivity index (χ2v) is 9.25. The third-order valence-corrected chi connectivity index (χ3v) is 6.80. The van der Waals surface area contributed by atoms with Gasteiger partial charge in [-0.25, -0.2) is 0 Å². The fourth-order valence-corrected chi connectivity index (χ4v) is 4.32. The zero-order chi connectivity index (χ0) is 20.7.